The van der Waals surface area contributed by atoms with Gasteiger partial charge in [0.25, 0.3) is 0 Å². The SMILES string of the molecule is COCC[Si]. The summed E-state index contributed by atoms with van der Waals surface area (Å²) in [5.74, 6) is 0. The van der Waals surface area contributed by atoms with Crippen molar-refractivity contribution in [2.75, 3.05) is 13.7 Å². The van der Waals surface area contributed by atoms with Gasteiger partial charge in [-0.25, -0.2) is 0 Å². The molecule has 0 spiro atoms. The van der Waals surface area contributed by atoms with Crippen LogP contribution in [0.2, 0.25) is 6.04 Å². The van der Waals surface area contributed by atoms with Crippen molar-refractivity contribution >= 4 is 10.2 Å². The number of methoxy groups -OCH3 is 1. The lowest BCUT2D eigenvalue weighted by atomic mass is 10.9. The van der Waals surface area contributed by atoms with Crippen LogP contribution >= 0.6 is 0 Å². The summed E-state index contributed by atoms with van der Waals surface area (Å²) < 4.78 is 4.64. The van der Waals surface area contributed by atoms with E-state index in [4.69, 9.17) is 0 Å². The van der Waals surface area contributed by atoms with Crippen LogP contribution in [-0.4, -0.2) is 24.0 Å². The van der Waals surface area contributed by atoms with E-state index in [1.165, 1.54) is 0 Å². The van der Waals surface area contributed by atoms with E-state index in [-0.39, 0.29) is 0 Å². The Balaban J connectivity index is 2.19. The van der Waals surface area contributed by atoms with Crippen molar-refractivity contribution in [3.8, 4) is 0 Å². The molecule has 2 heteroatoms. The van der Waals surface area contributed by atoms with E-state index in [0.29, 0.717) is 0 Å². The van der Waals surface area contributed by atoms with Crippen LogP contribution in [0.25, 0.3) is 0 Å². The first-order valence-electron chi connectivity index (χ1n) is 1.55. The maximum absolute atomic E-state index is 4.64. The molecule has 29 valence electrons. The Hall–Kier alpha value is 0.177. The van der Waals surface area contributed by atoms with Gasteiger partial charge in [0.1, 0.15) is 0 Å². The molecular weight excluding hydrogens is 80.1 g/mol. The average Bonchev–Trinajstić information content (AvgIpc) is 1.41. The Morgan fingerprint density at radius 1 is 1.80 bits per heavy atom. The van der Waals surface area contributed by atoms with Gasteiger partial charge in [-0.2, -0.15) is 0 Å². The minimum Gasteiger partial charge on any atom is -0.385 e. The summed E-state index contributed by atoms with van der Waals surface area (Å²) in [7, 11) is 4.91. The molecule has 0 unspecified atom stereocenters. The molecule has 0 amide bonds. The van der Waals surface area contributed by atoms with Gasteiger partial charge in [0, 0.05) is 24.0 Å². The van der Waals surface area contributed by atoms with Gasteiger partial charge < -0.3 is 4.74 Å². The van der Waals surface area contributed by atoms with E-state index < -0.39 is 0 Å². The smallest absolute Gasteiger partial charge is 0.0432 e. The van der Waals surface area contributed by atoms with E-state index in [1.54, 1.807) is 7.11 Å². The molecule has 0 aliphatic rings. The second-order valence-electron chi connectivity index (χ2n) is 0.743. The topological polar surface area (TPSA) is 9.23 Å². The van der Waals surface area contributed by atoms with Crippen LogP contribution in [0.1, 0.15) is 0 Å². The minimum absolute atomic E-state index is 0.802. The first kappa shape index (κ1) is 5.18. The highest BCUT2D eigenvalue weighted by Crippen LogP contribution is 1.67. The lowest BCUT2D eigenvalue weighted by Gasteiger charge is -1.84. The van der Waals surface area contributed by atoms with Gasteiger partial charge in [-0.1, -0.05) is 0 Å². The summed E-state index contributed by atoms with van der Waals surface area (Å²) in [4.78, 5) is 0. The van der Waals surface area contributed by atoms with Crippen LogP contribution in [0.5, 0.6) is 0 Å². The molecule has 0 saturated carbocycles. The van der Waals surface area contributed by atoms with Crippen molar-refractivity contribution in [2.24, 2.45) is 0 Å². The third-order valence-electron chi connectivity index (χ3n) is 0.306. The fourth-order valence-electron chi connectivity index (χ4n) is 0.102. The summed E-state index contributed by atoms with van der Waals surface area (Å²) >= 11 is 0. The van der Waals surface area contributed by atoms with Crippen LogP contribution < -0.4 is 0 Å². The van der Waals surface area contributed by atoms with Crippen molar-refractivity contribution in [1.29, 1.82) is 0 Å². The number of rotatable bonds is 2. The Labute approximate surface area is 35.8 Å². The van der Waals surface area contributed by atoms with Crippen molar-refractivity contribution < 1.29 is 4.74 Å². The van der Waals surface area contributed by atoms with Crippen LogP contribution in [0, 0.1) is 0 Å². The molecule has 3 radical (unpaired) electrons. The van der Waals surface area contributed by atoms with Crippen molar-refractivity contribution in [2.45, 2.75) is 6.04 Å². The Morgan fingerprint density at radius 2 is 2.40 bits per heavy atom. The normalized spacial score (nSPS) is 8.40. The first-order valence-corrected chi connectivity index (χ1v) is 2.26. The van der Waals surface area contributed by atoms with E-state index in [2.05, 4.69) is 15.0 Å². The van der Waals surface area contributed by atoms with Gasteiger partial charge in [-0.15, -0.1) is 0 Å². The molecule has 0 aliphatic carbocycles. The Morgan fingerprint density at radius 3 is 2.40 bits per heavy atom. The largest absolute Gasteiger partial charge is 0.385 e. The third-order valence-corrected chi connectivity index (χ3v) is 0.510. The van der Waals surface area contributed by atoms with Gasteiger partial charge in [0.15, 0.2) is 0 Å². The molecule has 5 heavy (non-hydrogen) atoms. The van der Waals surface area contributed by atoms with Gasteiger partial charge >= 0.3 is 0 Å². The first-order chi connectivity index (χ1) is 2.41. The Kier molecular flexibility index (Phi) is 4.32. The highest BCUT2D eigenvalue weighted by atomic mass is 28.1. The molecule has 1 nitrogen and oxygen atoms in total. The maximum Gasteiger partial charge on any atom is 0.0432 e. The van der Waals surface area contributed by atoms with Crippen LogP contribution in [0.4, 0.5) is 0 Å². The molecule has 0 bridgehead atoms. The predicted octanol–water partition coefficient (Wildman–Crippen LogP) is 0.220. The third kappa shape index (κ3) is 4.18. The molecule has 0 heterocycles. The zero-order chi connectivity index (χ0) is 4.12. The van der Waals surface area contributed by atoms with Crippen molar-refractivity contribution in [3.63, 3.8) is 0 Å². The summed E-state index contributed by atoms with van der Waals surface area (Å²) in [6.45, 7) is 0.802. The average molecular weight is 87.2 g/mol. The van der Waals surface area contributed by atoms with Gasteiger partial charge in [-0.3, -0.25) is 0 Å². The fraction of sp³-hybridized carbons (Fsp3) is 1.00. The van der Waals surface area contributed by atoms with E-state index >= 15 is 0 Å². The van der Waals surface area contributed by atoms with Gasteiger partial charge in [-0.05, 0) is 6.04 Å². The summed E-state index contributed by atoms with van der Waals surface area (Å²) in [5.41, 5.74) is 0. The molecule has 0 N–H and O–H groups in total. The molecule has 0 saturated heterocycles. The van der Waals surface area contributed by atoms with E-state index in [1.807, 2.05) is 0 Å². The second-order valence-corrected chi connectivity index (χ2v) is 1.24. The van der Waals surface area contributed by atoms with Crippen LogP contribution in [0.15, 0.2) is 0 Å². The molecule has 0 aromatic carbocycles. The van der Waals surface area contributed by atoms with Crippen molar-refractivity contribution in [3.05, 3.63) is 0 Å². The minimum atomic E-state index is 0.802. The second kappa shape index (κ2) is 4.18. The van der Waals surface area contributed by atoms with Gasteiger partial charge in [0.05, 0.1) is 0 Å². The Bertz CT molecular complexity index is 14.4. The molecule has 0 aromatic rings. The highest BCUT2D eigenvalue weighted by Gasteiger charge is 1.66. The number of hydrogen-bond acceptors (Lipinski definition) is 1. The zero-order valence-corrected chi connectivity index (χ0v) is 4.32. The molecule has 0 aromatic heterocycles. The molecule has 0 aliphatic heterocycles. The lowest BCUT2D eigenvalue weighted by molar-refractivity contribution is 0.216. The molecule has 0 atom stereocenters. The maximum atomic E-state index is 4.64. The van der Waals surface area contributed by atoms with Gasteiger partial charge in [0.2, 0.25) is 0 Å². The summed E-state index contributed by atoms with van der Waals surface area (Å²) in [5, 5.41) is 0. The highest BCUT2D eigenvalue weighted by molar-refractivity contribution is 6.08. The molecule has 0 rings (SSSR count). The number of hydrogen-bond donors (Lipinski definition) is 0. The van der Waals surface area contributed by atoms with E-state index in [0.717, 1.165) is 12.7 Å². The predicted molar refractivity (Wildman–Crippen MR) is 22.4 cm³/mol. The van der Waals surface area contributed by atoms with Crippen LogP contribution in [-0.2, 0) is 4.74 Å². The monoisotopic (exact) mass is 87.0 g/mol. The lowest BCUT2D eigenvalue weighted by Crippen LogP contribution is -1.82. The van der Waals surface area contributed by atoms with Crippen molar-refractivity contribution in [1.82, 2.24) is 0 Å². The zero-order valence-electron chi connectivity index (χ0n) is 3.32. The van der Waals surface area contributed by atoms with E-state index in [9.17, 15) is 0 Å². The summed E-state index contributed by atoms with van der Waals surface area (Å²) in [6.07, 6.45) is 0. The summed E-state index contributed by atoms with van der Waals surface area (Å²) in [6, 6.07) is 0.927. The quantitative estimate of drug-likeness (QED) is 0.438. The molecule has 0 fully saturated rings. The molecular formula is C3H7OSi. The van der Waals surface area contributed by atoms with Crippen LogP contribution in [0.3, 0.4) is 0 Å². The fourth-order valence-corrected chi connectivity index (χ4v) is 0.306. The number of ether oxygens (including phenoxy) is 1. The standard InChI is InChI=1S/C3H7OSi/c1-4-2-3-5/h2-3H2,1H3.